The number of nitrogens with one attached hydrogen (secondary N) is 1. The van der Waals surface area contributed by atoms with Crippen molar-refractivity contribution >= 4 is 11.8 Å². The number of benzene rings is 1. The highest BCUT2D eigenvalue weighted by atomic mass is 32.2. The summed E-state index contributed by atoms with van der Waals surface area (Å²) in [5.41, 5.74) is 1.78. The lowest BCUT2D eigenvalue weighted by molar-refractivity contribution is 0.366. The maximum absolute atomic E-state index is 5.40. The second-order valence-electron chi connectivity index (χ2n) is 4.82. The van der Waals surface area contributed by atoms with Gasteiger partial charge >= 0.3 is 0 Å². The smallest absolute Gasteiger partial charge is 0.151 e. The van der Waals surface area contributed by atoms with E-state index < -0.39 is 0 Å². The molecule has 1 saturated heterocycles. The first-order valence-corrected chi connectivity index (χ1v) is 7.92. The molecule has 1 atom stereocenters. The number of methoxy groups -OCH3 is 1. The first-order chi connectivity index (χ1) is 9.86. The SMILES string of the molecule is COc1ccccc1-c1cc(CN[C@@H]2CCSC2)on1. The van der Waals surface area contributed by atoms with Gasteiger partial charge in [0.1, 0.15) is 11.4 Å². The monoisotopic (exact) mass is 290 g/mol. The molecular formula is C15H18N2O2S. The Kier molecular flexibility index (Phi) is 4.28. The van der Waals surface area contributed by atoms with Crippen LogP contribution in [-0.2, 0) is 6.54 Å². The van der Waals surface area contributed by atoms with Crippen molar-refractivity contribution in [1.82, 2.24) is 10.5 Å². The van der Waals surface area contributed by atoms with E-state index in [4.69, 9.17) is 9.26 Å². The molecule has 2 heterocycles. The zero-order chi connectivity index (χ0) is 13.8. The zero-order valence-corrected chi connectivity index (χ0v) is 12.3. The number of aromatic nitrogens is 1. The molecule has 1 fully saturated rings. The van der Waals surface area contributed by atoms with Crippen LogP contribution in [0.2, 0.25) is 0 Å². The van der Waals surface area contributed by atoms with Crippen molar-refractivity contribution in [2.75, 3.05) is 18.6 Å². The number of thioether (sulfide) groups is 1. The van der Waals surface area contributed by atoms with E-state index in [2.05, 4.69) is 10.5 Å². The third kappa shape index (κ3) is 2.99. The molecule has 2 aromatic rings. The molecule has 0 saturated carbocycles. The van der Waals surface area contributed by atoms with E-state index in [1.54, 1.807) is 7.11 Å². The summed E-state index contributed by atoms with van der Waals surface area (Å²) in [6, 6.07) is 10.4. The number of nitrogens with zero attached hydrogens (tertiary/aromatic N) is 1. The van der Waals surface area contributed by atoms with Crippen molar-refractivity contribution in [3.63, 3.8) is 0 Å². The van der Waals surface area contributed by atoms with Gasteiger partial charge in [-0.3, -0.25) is 0 Å². The molecule has 4 nitrogen and oxygen atoms in total. The Hall–Kier alpha value is -1.46. The highest BCUT2D eigenvalue weighted by Crippen LogP contribution is 2.29. The van der Waals surface area contributed by atoms with E-state index in [1.807, 2.05) is 42.1 Å². The lowest BCUT2D eigenvalue weighted by atomic mass is 10.1. The molecule has 0 radical (unpaired) electrons. The summed E-state index contributed by atoms with van der Waals surface area (Å²) in [5.74, 6) is 4.11. The van der Waals surface area contributed by atoms with Crippen LogP contribution in [0.3, 0.4) is 0 Å². The molecular weight excluding hydrogens is 272 g/mol. The highest BCUT2D eigenvalue weighted by Gasteiger charge is 2.16. The Morgan fingerprint density at radius 3 is 3.15 bits per heavy atom. The second-order valence-corrected chi connectivity index (χ2v) is 5.97. The number of rotatable bonds is 5. The molecule has 20 heavy (non-hydrogen) atoms. The van der Waals surface area contributed by atoms with Gasteiger partial charge in [0.2, 0.25) is 0 Å². The highest BCUT2D eigenvalue weighted by molar-refractivity contribution is 7.99. The van der Waals surface area contributed by atoms with Crippen LogP contribution in [0.25, 0.3) is 11.3 Å². The van der Waals surface area contributed by atoms with Gasteiger partial charge in [-0.1, -0.05) is 17.3 Å². The van der Waals surface area contributed by atoms with Crippen molar-refractivity contribution < 1.29 is 9.26 Å². The first-order valence-electron chi connectivity index (χ1n) is 6.77. The van der Waals surface area contributed by atoms with E-state index in [-0.39, 0.29) is 0 Å². The number of ether oxygens (including phenoxy) is 1. The summed E-state index contributed by atoms with van der Waals surface area (Å²) >= 11 is 2.00. The summed E-state index contributed by atoms with van der Waals surface area (Å²) in [6.07, 6.45) is 1.23. The number of hydrogen-bond donors (Lipinski definition) is 1. The summed E-state index contributed by atoms with van der Waals surface area (Å²) in [7, 11) is 1.67. The van der Waals surface area contributed by atoms with E-state index in [0.29, 0.717) is 6.04 Å². The summed E-state index contributed by atoms with van der Waals surface area (Å²) < 4.78 is 10.8. The molecule has 0 unspecified atom stereocenters. The number of para-hydroxylation sites is 1. The lowest BCUT2D eigenvalue weighted by Gasteiger charge is -2.08. The van der Waals surface area contributed by atoms with E-state index >= 15 is 0 Å². The summed E-state index contributed by atoms with van der Waals surface area (Å²) in [6.45, 7) is 0.730. The molecule has 1 aliphatic rings. The average molecular weight is 290 g/mol. The standard InChI is InChI=1S/C15H18N2O2S/c1-18-15-5-3-2-4-13(15)14-8-12(19-17-14)9-16-11-6-7-20-10-11/h2-5,8,11,16H,6-7,9-10H2,1H3/t11-/m1/s1. The molecule has 0 aliphatic carbocycles. The van der Waals surface area contributed by atoms with Crippen molar-refractivity contribution in [2.24, 2.45) is 0 Å². The van der Waals surface area contributed by atoms with E-state index in [0.717, 1.165) is 29.3 Å². The third-order valence-electron chi connectivity index (χ3n) is 3.44. The molecule has 106 valence electrons. The fraction of sp³-hybridized carbons (Fsp3) is 0.400. The first kappa shape index (κ1) is 13.5. The van der Waals surface area contributed by atoms with Gasteiger partial charge in [0.25, 0.3) is 0 Å². The van der Waals surface area contributed by atoms with Gasteiger partial charge in [-0.05, 0) is 24.3 Å². The molecule has 5 heteroatoms. The van der Waals surface area contributed by atoms with Gasteiger partial charge < -0.3 is 14.6 Å². The molecule has 1 aromatic heterocycles. The van der Waals surface area contributed by atoms with E-state index in [1.165, 1.54) is 17.9 Å². The van der Waals surface area contributed by atoms with E-state index in [9.17, 15) is 0 Å². The van der Waals surface area contributed by atoms with Gasteiger partial charge in [-0.15, -0.1) is 0 Å². The quantitative estimate of drug-likeness (QED) is 0.917. The second kappa shape index (κ2) is 6.33. The predicted octanol–water partition coefficient (Wildman–Crippen LogP) is 2.95. The molecule has 1 N–H and O–H groups in total. The fourth-order valence-corrected chi connectivity index (χ4v) is 3.51. The van der Waals surface area contributed by atoms with Gasteiger partial charge in [-0.2, -0.15) is 11.8 Å². The van der Waals surface area contributed by atoms with Crippen LogP contribution in [0.5, 0.6) is 5.75 Å². The Balaban J connectivity index is 1.69. The van der Waals surface area contributed by atoms with Crippen LogP contribution in [0.15, 0.2) is 34.9 Å². The third-order valence-corrected chi connectivity index (χ3v) is 4.60. The van der Waals surface area contributed by atoms with Crippen LogP contribution < -0.4 is 10.1 Å². The minimum absolute atomic E-state index is 0.597. The van der Waals surface area contributed by atoms with Gasteiger partial charge in [0, 0.05) is 23.4 Å². The fourth-order valence-electron chi connectivity index (χ4n) is 2.32. The lowest BCUT2D eigenvalue weighted by Crippen LogP contribution is -2.27. The van der Waals surface area contributed by atoms with Crippen molar-refractivity contribution in [1.29, 1.82) is 0 Å². The largest absolute Gasteiger partial charge is 0.496 e. The van der Waals surface area contributed by atoms with Crippen LogP contribution in [0, 0.1) is 0 Å². The summed E-state index contributed by atoms with van der Waals surface area (Å²) in [5, 5.41) is 7.65. The maximum atomic E-state index is 5.40. The minimum atomic E-state index is 0.597. The molecule has 3 rings (SSSR count). The molecule has 0 amide bonds. The zero-order valence-electron chi connectivity index (χ0n) is 11.5. The predicted molar refractivity (Wildman–Crippen MR) is 81.1 cm³/mol. The van der Waals surface area contributed by atoms with Gasteiger partial charge in [0.15, 0.2) is 5.76 Å². The molecule has 0 spiro atoms. The van der Waals surface area contributed by atoms with Crippen LogP contribution in [0.4, 0.5) is 0 Å². The van der Waals surface area contributed by atoms with Gasteiger partial charge in [-0.25, -0.2) is 0 Å². The van der Waals surface area contributed by atoms with Crippen molar-refractivity contribution in [3.8, 4) is 17.0 Å². The normalized spacial score (nSPS) is 18.4. The van der Waals surface area contributed by atoms with Crippen LogP contribution in [0.1, 0.15) is 12.2 Å². The molecule has 1 aliphatic heterocycles. The maximum Gasteiger partial charge on any atom is 0.151 e. The molecule has 0 bridgehead atoms. The number of hydrogen-bond acceptors (Lipinski definition) is 5. The Labute approximate surface area is 122 Å². The summed E-state index contributed by atoms with van der Waals surface area (Å²) in [4.78, 5) is 0. The minimum Gasteiger partial charge on any atom is -0.496 e. The topological polar surface area (TPSA) is 47.3 Å². The van der Waals surface area contributed by atoms with Crippen molar-refractivity contribution in [3.05, 3.63) is 36.1 Å². The van der Waals surface area contributed by atoms with Crippen LogP contribution >= 0.6 is 11.8 Å². The molecule has 1 aromatic carbocycles. The average Bonchev–Trinajstić information content (AvgIpc) is 3.16. The van der Waals surface area contributed by atoms with Crippen LogP contribution in [-0.4, -0.2) is 29.8 Å². The Bertz CT molecular complexity index is 565. The Morgan fingerprint density at radius 2 is 2.35 bits per heavy atom. The van der Waals surface area contributed by atoms with Gasteiger partial charge in [0.05, 0.1) is 13.7 Å². The Morgan fingerprint density at radius 1 is 1.45 bits per heavy atom. The van der Waals surface area contributed by atoms with Crippen molar-refractivity contribution in [2.45, 2.75) is 19.0 Å².